The maximum Gasteiger partial charge on any atom is 0.326 e. The first-order chi connectivity index (χ1) is 10.7. The molecule has 2 atom stereocenters. The van der Waals surface area contributed by atoms with E-state index >= 15 is 0 Å². The summed E-state index contributed by atoms with van der Waals surface area (Å²) in [6.45, 7) is 4.50. The van der Waals surface area contributed by atoms with Crippen molar-refractivity contribution in [2.45, 2.75) is 45.7 Å². The van der Waals surface area contributed by atoms with E-state index in [0.29, 0.717) is 12.1 Å². The molecule has 8 heteroatoms. The minimum atomic E-state index is -4.04. The van der Waals surface area contributed by atoms with Crippen LogP contribution < -0.4 is 14.3 Å². The maximum atomic E-state index is 12.6. The van der Waals surface area contributed by atoms with Crippen molar-refractivity contribution >= 4 is 27.7 Å². The van der Waals surface area contributed by atoms with Crippen LogP contribution in [0.3, 0.4) is 0 Å². The molecular weight excluding hydrogens is 318 g/mol. The molecule has 1 aromatic carbocycles. The molecule has 2 rings (SSSR count). The van der Waals surface area contributed by atoms with Gasteiger partial charge in [-0.05, 0) is 38.3 Å². The number of benzene rings is 1. The molecule has 0 saturated carbocycles. The average molecular weight is 339 g/mol. The summed E-state index contributed by atoms with van der Waals surface area (Å²) in [6.07, 6.45) is 1.47. The Hall–Kier alpha value is -2.09. The Balaban J connectivity index is 2.26. The lowest BCUT2D eigenvalue weighted by Gasteiger charge is -2.35. The van der Waals surface area contributed by atoms with Crippen LogP contribution in [-0.2, 0) is 26.2 Å². The molecule has 2 N–H and O–H groups in total. The van der Waals surface area contributed by atoms with E-state index in [1.165, 1.54) is 18.2 Å². The van der Waals surface area contributed by atoms with Gasteiger partial charge in [-0.3, -0.25) is 13.9 Å². The summed E-state index contributed by atoms with van der Waals surface area (Å²) >= 11 is 0. The summed E-state index contributed by atoms with van der Waals surface area (Å²) < 4.78 is 28.6. The first kappa shape index (κ1) is 17.3. The highest BCUT2D eigenvalue weighted by atomic mass is 32.2. The standard InChI is InChI=1S/C15H21N3O4S/c1-10-8-9-13-6-4-5-7-14(13)18(10)23(21,22)17-15(20)11(2)16-12(3)19/h4-7,10-11H,8-9H2,1-3H3,(H,16,19)(H,17,20). The lowest BCUT2D eigenvalue weighted by Crippen LogP contribution is -2.53. The molecule has 1 aliphatic heterocycles. The van der Waals surface area contributed by atoms with Crippen molar-refractivity contribution in [2.24, 2.45) is 0 Å². The Labute approximate surface area is 136 Å². The minimum Gasteiger partial charge on any atom is -0.345 e. The molecule has 0 saturated heterocycles. The van der Waals surface area contributed by atoms with Crippen LogP contribution in [0.5, 0.6) is 0 Å². The summed E-state index contributed by atoms with van der Waals surface area (Å²) in [5.41, 5.74) is 1.51. The number of carbonyl (C=O) groups excluding carboxylic acids is 2. The topological polar surface area (TPSA) is 95.6 Å². The summed E-state index contributed by atoms with van der Waals surface area (Å²) in [4.78, 5) is 23.0. The summed E-state index contributed by atoms with van der Waals surface area (Å²) in [5, 5.41) is 2.36. The molecule has 0 spiro atoms. The lowest BCUT2D eigenvalue weighted by molar-refractivity contribution is -0.126. The van der Waals surface area contributed by atoms with E-state index in [1.54, 1.807) is 19.1 Å². The van der Waals surface area contributed by atoms with E-state index < -0.39 is 28.1 Å². The van der Waals surface area contributed by atoms with Gasteiger partial charge >= 0.3 is 10.2 Å². The minimum absolute atomic E-state index is 0.258. The molecule has 0 fully saturated rings. The van der Waals surface area contributed by atoms with Crippen LogP contribution in [-0.4, -0.2) is 32.3 Å². The fraction of sp³-hybridized carbons (Fsp3) is 0.467. The summed E-state index contributed by atoms with van der Waals surface area (Å²) in [5.74, 6) is -1.17. The molecule has 0 aliphatic carbocycles. The third-order valence-corrected chi connectivity index (χ3v) is 5.30. The van der Waals surface area contributed by atoms with Crippen molar-refractivity contribution in [2.75, 3.05) is 4.31 Å². The largest absolute Gasteiger partial charge is 0.345 e. The second kappa shape index (κ2) is 6.57. The van der Waals surface area contributed by atoms with Gasteiger partial charge in [0.1, 0.15) is 6.04 Å². The van der Waals surface area contributed by atoms with Crippen LogP contribution in [0.1, 0.15) is 32.8 Å². The van der Waals surface area contributed by atoms with Crippen molar-refractivity contribution in [1.29, 1.82) is 0 Å². The van der Waals surface area contributed by atoms with E-state index in [0.717, 1.165) is 12.0 Å². The van der Waals surface area contributed by atoms with Gasteiger partial charge in [-0.1, -0.05) is 18.2 Å². The molecular formula is C15H21N3O4S. The zero-order chi connectivity index (χ0) is 17.2. The number of fused-ring (bicyclic) bond motifs is 1. The Bertz CT molecular complexity index is 717. The number of anilines is 1. The van der Waals surface area contributed by atoms with Gasteiger partial charge in [0.25, 0.3) is 5.91 Å². The zero-order valence-corrected chi connectivity index (χ0v) is 14.2. The van der Waals surface area contributed by atoms with Gasteiger partial charge in [-0.2, -0.15) is 8.42 Å². The average Bonchev–Trinajstić information content (AvgIpc) is 2.45. The molecule has 7 nitrogen and oxygen atoms in total. The normalized spacial score (nSPS) is 18.7. The van der Waals surface area contributed by atoms with E-state index in [1.807, 2.05) is 16.9 Å². The molecule has 0 radical (unpaired) electrons. The molecule has 1 aliphatic rings. The van der Waals surface area contributed by atoms with E-state index in [-0.39, 0.29) is 6.04 Å². The second-order valence-electron chi connectivity index (χ2n) is 5.71. The smallest absolute Gasteiger partial charge is 0.326 e. The Morgan fingerprint density at radius 2 is 1.96 bits per heavy atom. The van der Waals surface area contributed by atoms with Crippen LogP contribution >= 0.6 is 0 Å². The SMILES string of the molecule is CC(=O)NC(C)C(=O)NS(=O)(=O)N1c2ccccc2CCC1C. The second-order valence-corrected chi connectivity index (χ2v) is 7.25. The number of hydrogen-bond acceptors (Lipinski definition) is 4. The molecule has 1 heterocycles. The van der Waals surface area contributed by atoms with Crippen molar-refractivity contribution in [3.05, 3.63) is 29.8 Å². The first-order valence-corrected chi connectivity index (χ1v) is 8.87. The monoisotopic (exact) mass is 339 g/mol. The van der Waals surface area contributed by atoms with Crippen molar-refractivity contribution < 1.29 is 18.0 Å². The van der Waals surface area contributed by atoms with Gasteiger partial charge in [0, 0.05) is 13.0 Å². The fourth-order valence-corrected chi connectivity index (χ4v) is 4.20. The summed E-state index contributed by atoms with van der Waals surface area (Å²) in [6, 6.07) is 6.04. The lowest BCUT2D eigenvalue weighted by atomic mass is 9.99. The molecule has 23 heavy (non-hydrogen) atoms. The van der Waals surface area contributed by atoms with Crippen LogP contribution in [0.2, 0.25) is 0 Å². The highest BCUT2D eigenvalue weighted by Gasteiger charge is 2.34. The van der Waals surface area contributed by atoms with Crippen LogP contribution in [0.4, 0.5) is 5.69 Å². The van der Waals surface area contributed by atoms with Gasteiger partial charge < -0.3 is 5.32 Å². The van der Waals surface area contributed by atoms with E-state index in [2.05, 4.69) is 5.32 Å². The van der Waals surface area contributed by atoms with Gasteiger partial charge in [-0.15, -0.1) is 0 Å². The van der Waals surface area contributed by atoms with Crippen LogP contribution in [0, 0.1) is 0 Å². The van der Waals surface area contributed by atoms with Crippen LogP contribution in [0.25, 0.3) is 0 Å². The number of para-hydroxylation sites is 1. The van der Waals surface area contributed by atoms with Gasteiger partial charge in [0.05, 0.1) is 5.69 Å². The number of amides is 2. The highest BCUT2D eigenvalue weighted by Crippen LogP contribution is 2.32. The predicted molar refractivity (Wildman–Crippen MR) is 87.0 cm³/mol. The van der Waals surface area contributed by atoms with E-state index in [9.17, 15) is 18.0 Å². The van der Waals surface area contributed by atoms with Crippen molar-refractivity contribution in [1.82, 2.24) is 10.0 Å². The number of nitrogens with zero attached hydrogens (tertiary/aromatic N) is 1. The third-order valence-electron chi connectivity index (χ3n) is 3.76. The summed E-state index contributed by atoms with van der Waals surface area (Å²) in [7, 11) is -4.04. The maximum absolute atomic E-state index is 12.6. The van der Waals surface area contributed by atoms with Gasteiger partial charge in [-0.25, -0.2) is 4.72 Å². The first-order valence-electron chi connectivity index (χ1n) is 7.43. The Morgan fingerprint density at radius 3 is 2.61 bits per heavy atom. The molecule has 126 valence electrons. The molecule has 2 amide bonds. The van der Waals surface area contributed by atoms with Crippen molar-refractivity contribution in [3.63, 3.8) is 0 Å². The van der Waals surface area contributed by atoms with Gasteiger partial charge in [0.15, 0.2) is 0 Å². The number of rotatable bonds is 4. The van der Waals surface area contributed by atoms with Crippen LogP contribution in [0.15, 0.2) is 24.3 Å². The Morgan fingerprint density at radius 1 is 1.30 bits per heavy atom. The fourth-order valence-electron chi connectivity index (χ4n) is 2.66. The quantitative estimate of drug-likeness (QED) is 0.845. The third kappa shape index (κ3) is 3.82. The molecule has 0 bridgehead atoms. The zero-order valence-electron chi connectivity index (χ0n) is 13.4. The van der Waals surface area contributed by atoms with E-state index in [4.69, 9.17) is 0 Å². The molecule has 2 unspecified atom stereocenters. The highest BCUT2D eigenvalue weighted by molar-refractivity contribution is 7.91. The predicted octanol–water partition coefficient (Wildman–Crippen LogP) is 0.713. The number of carbonyl (C=O) groups is 2. The number of nitrogens with one attached hydrogen (secondary N) is 2. The molecule has 0 aromatic heterocycles. The molecule has 1 aromatic rings. The number of hydrogen-bond donors (Lipinski definition) is 2. The van der Waals surface area contributed by atoms with Gasteiger partial charge in [0.2, 0.25) is 5.91 Å². The number of aryl methyl sites for hydroxylation is 1. The van der Waals surface area contributed by atoms with Crippen molar-refractivity contribution in [3.8, 4) is 0 Å². The Kier molecular flexibility index (Phi) is 4.93.